The first-order chi connectivity index (χ1) is 10.3. The second-order valence-electron chi connectivity index (χ2n) is 5.17. The Bertz CT molecular complexity index is 777. The molecule has 0 amide bonds. The fourth-order valence-corrected chi connectivity index (χ4v) is 3.89. The number of nitrogen functional groups attached to an aromatic ring is 1. The normalized spacial score (nSPS) is 17.7. The lowest BCUT2D eigenvalue weighted by molar-refractivity contribution is 0.607. The summed E-state index contributed by atoms with van der Waals surface area (Å²) in [5.41, 5.74) is 4.81. The van der Waals surface area contributed by atoms with Crippen molar-refractivity contribution in [2.24, 2.45) is 5.84 Å². The zero-order chi connectivity index (χ0) is 14.2. The maximum atomic E-state index is 5.50. The average Bonchev–Trinajstić information content (AvgIpc) is 3.16. The van der Waals surface area contributed by atoms with Gasteiger partial charge in [0.2, 0.25) is 0 Å². The Morgan fingerprint density at radius 1 is 1.43 bits per heavy atom. The molecule has 0 aromatic carbocycles. The van der Waals surface area contributed by atoms with E-state index >= 15 is 0 Å². The molecule has 0 bridgehead atoms. The molecule has 0 fully saturated rings. The summed E-state index contributed by atoms with van der Waals surface area (Å²) in [7, 11) is 0. The van der Waals surface area contributed by atoms with E-state index in [0.29, 0.717) is 11.9 Å². The summed E-state index contributed by atoms with van der Waals surface area (Å²) in [6, 6.07) is 2.51. The molecule has 108 valence electrons. The van der Waals surface area contributed by atoms with Crippen LogP contribution in [0.25, 0.3) is 5.65 Å². The highest BCUT2D eigenvalue weighted by Crippen LogP contribution is 2.35. The number of hydrogen-bond donors (Lipinski definition) is 3. The lowest BCUT2D eigenvalue weighted by atomic mass is 9.94. The largest absolute Gasteiger partial charge is 0.360 e. The van der Waals surface area contributed by atoms with Crippen LogP contribution in [0.2, 0.25) is 0 Å². The molecule has 21 heavy (non-hydrogen) atoms. The summed E-state index contributed by atoms with van der Waals surface area (Å²) >= 11 is 1.84. The zero-order valence-corrected chi connectivity index (χ0v) is 12.2. The van der Waals surface area contributed by atoms with Gasteiger partial charge in [-0.3, -0.25) is 0 Å². The number of fused-ring (bicyclic) bond motifs is 2. The van der Waals surface area contributed by atoms with Crippen molar-refractivity contribution in [1.29, 1.82) is 0 Å². The summed E-state index contributed by atoms with van der Waals surface area (Å²) in [5.74, 6) is 6.88. The van der Waals surface area contributed by atoms with E-state index in [4.69, 9.17) is 5.84 Å². The third-order valence-corrected chi connectivity index (χ3v) is 4.88. The minimum absolute atomic E-state index is 0.293. The van der Waals surface area contributed by atoms with Crippen molar-refractivity contribution in [3.63, 3.8) is 0 Å². The first kappa shape index (κ1) is 12.6. The SMILES string of the molecule is NNc1cn2ccnc2c(NC2CCCc3sccc32)n1. The van der Waals surface area contributed by atoms with Gasteiger partial charge in [0.1, 0.15) is 0 Å². The molecule has 1 atom stereocenters. The number of nitrogens with zero attached hydrogens (tertiary/aromatic N) is 3. The van der Waals surface area contributed by atoms with Crippen molar-refractivity contribution in [3.8, 4) is 0 Å². The summed E-state index contributed by atoms with van der Waals surface area (Å²) in [6.07, 6.45) is 8.97. The highest BCUT2D eigenvalue weighted by atomic mass is 32.1. The smallest absolute Gasteiger partial charge is 0.180 e. The first-order valence-electron chi connectivity index (χ1n) is 6.98. The molecule has 1 aliphatic carbocycles. The Balaban J connectivity index is 1.73. The third kappa shape index (κ3) is 2.14. The van der Waals surface area contributed by atoms with Gasteiger partial charge in [0.25, 0.3) is 0 Å². The van der Waals surface area contributed by atoms with Crippen LogP contribution in [0.15, 0.2) is 30.0 Å². The van der Waals surface area contributed by atoms with E-state index in [2.05, 4.69) is 32.2 Å². The Labute approximate surface area is 126 Å². The van der Waals surface area contributed by atoms with Crippen LogP contribution in [0.3, 0.4) is 0 Å². The van der Waals surface area contributed by atoms with Gasteiger partial charge < -0.3 is 15.1 Å². The first-order valence-corrected chi connectivity index (χ1v) is 7.86. The number of hydrazine groups is 1. The number of aryl methyl sites for hydroxylation is 1. The number of nitrogens with two attached hydrogens (primary N) is 1. The van der Waals surface area contributed by atoms with Gasteiger partial charge in [0.15, 0.2) is 17.3 Å². The van der Waals surface area contributed by atoms with Crippen LogP contribution in [-0.2, 0) is 6.42 Å². The van der Waals surface area contributed by atoms with Crippen LogP contribution < -0.4 is 16.6 Å². The Kier molecular flexibility index (Phi) is 3.01. The molecule has 4 N–H and O–H groups in total. The standard InChI is InChI=1S/C14H16N6S/c15-19-12-8-20-6-5-16-14(20)13(18-12)17-10-2-1-3-11-9(10)4-7-21-11/h4-8,10,19H,1-3,15H2,(H,17,18). The van der Waals surface area contributed by atoms with Crippen LogP contribution in [0.5, 0.6) is 0 Å². The summed E-state index contributed by atoms with van der Waals surface area (Å²) in [4.78, 5) is 10.4. The van der Waals surface area contributed by atoms with Crippen LogP contribution >= 0.6 is 11.3 Å². The van der Waals surface area contributed by atoms with E-state index in [1.165, 1.54) is 23.3 Å². The van der Waals surface area contributed by atoms with Gasteiger partial charge in [0.05, 0.1) is 12.2 Å². The number of imidazole rings is 1. The lowest BCUT2D eigenvalue weighted by Crippen LogP contribution is -2.18. The van der Waals surface area contributed by atoms with Crippen LogP contribution in [-0.4, -0.2) is 14.4 Å². The van der Waals surface area contributed by atoms with E-state index in [-0.39, 0.29) is 0 Å². The molecule has 6 nitrogen and oxygen atoms in total. The molecule has 3 heterocycles. The van der Waals surface area contributed by atoms with Gasteiger partial charge >= 0.3 is 0 Å². The third-order valence-electron chi connectivity index (χ3n) is 3.88. The molecule has 1 unspecified atom stereocenters. The molecular weight excluding hydrogens is 284 g/mol. The Morgan fingerprint density at radius 3 is 3.29 bits per heavy atom. The van der Waals surface area contributed by atoms with E-state index in [0.717, 1.165) is 17.9 Å². The van der Waals surface area contributed by atoms with Crippen LogP contribution in [0, 0.1) is 0 Å². The lowest BCUT2D eigenvalue weighted by Gasteiger charge is -2.24. The van der Waals surface area contributed by atoms with Crippen molar-refractivity contribution >= 4 is 28.6 Å². The topological polar surface area (TPSA) is 80.3 Å². The minimum Gasteiger partial charge on any atom is -0.360 e. The quantitative estimate of drug-likeness (QED) is 0.512. The van der Waals surface area contributed by atoms with E-state index in [1.807, 2.05) is 28.1 Å². The van der Waals surface area contributed by atoms with Crippen LogP contribution in [0.4, 0.5) is 11.6 Å². The second-order valence-corrected chi connectivity index (χ2v) is 6.17. The van der Waals surface area contributed by atoms with Crippen LogP contribution in [0.1, 0.15) is 29.3 Å². The molecule has 0 aliphatic heterocycles. The number of thiophene rings is 1. The molecule has 7 heteroatoms. The molecule has 3 aromatic heterocycles. The predicted octanol–water partition coefficient (Wildman–Crippen LogP) is 2.57. The fraction of sp³-hybridized carbons (Fsp3) is 0.286. The van der Waals surface area contributed by atoms with Gasteiger partial charge in [-0.2, -0.15) is 0 Å². The van der Waals surface area contributed by atoms with E-state index in [1.54, 1.807) is 6.20 Å². The van der Waals surface area contributed by atoms with Crippen molar-refractivity contribution < 1.29 is 0 Å². The Morgan fingerprint density at radius 2 is 2.38 bits per heavy atom. The number of anilines is 2. The van der Waals surface area contributed by atoms with Gasteiger partial charge in [0, 0.05) is 17.3 Å². The maximum Gasteiger partial charge on any atom is 0.180 e. The van der Waals surface area contributed by atoms with Gasteiger partial charge in [-0.05, 0) is 36.3 Å². The molecule has 3 aromatic rings. The van der Waals surface area contributed by atoms with Gasteiger partial charge in [-0.25, -0.2) is 15.8 Å². The molecule has 0 saturated carbocycles. The highest BCUT2D eigenvalue weighted by molar-refractivity contribution is 7.10. The number of rotatable bonds is 3. The van der Waals surface area contributed by atoms with E-state index < -0.39 is 0 Å². The van der Waals surface area contributed by atoms with Crippen molar-refractivity contribution in [1.82, 2.24) is 14.4 Å². The predicted molar refractivity (Wildman–Crippen MR) is 84.4 cm³/mol. The van der Waals surface area contributed by atoms with Crippen molar-refractivity contribution in [3.05, 3.63) is 40.5 Å². The maximum absolute atomic E-state index is 5.50. The van der Waals surface area contributed by atoms with Gasteiger partial charge in [-0.15, -0.1) is 11.3 Å². The summed E-state index contributed by atoms with van der Waals surface area (Å²) < 4.78 is 1.92. The summed E-state index contributed by atoms with van der Waals surface area (Å²) in [6.45, 7) is 0. The van der Waals surface area contributed by atoms with E-state index in [9.17, 15) is 0 Å². The molecule has 0 radical (unpaired) electrons. The highest BCUT2D eigenvalue weighted by Gasteiger charge is 2.22. The molecular formula is C14H16N6S. The monoisotopic (exact) mass is 300 g/mol. The van der Waals surface area contributed by atoms with Gasteiger partial charge in [-0.1, -0.05) is 0 Å². The fourth-order valence-electron chi connectivity index (χ4n) is 2.90. The molecule has 0 saturated heterocycles. The summed E-state index contributed by atoms with van der Waals surface area (Å²) in [5, 5.41) is 5.71. The number of aromatic nitrogens is 3. The van der Waals surface area contributed by atoms with Crippen molar-refractivity contribution in [2.45, 2.75) is 25.3 Å². The zero-order valence-electron chi connectivity index (χ0n) is 11.4. The molecule has 0 spiro atoms. The van der Waals surface area contributed by atoms with Crippen molar-refractivity contribution in [2.75, 3.05) is 10.7 Å². The number of hydrogen-bond acceptors (Lipinski definition) is 6. The second kappa shape index (κ2) is 5.01. The Hall–Kier alpha value is -2.12. The number of nitrogens with one attached hydrogen (secondary N) is 2. The minimum atomic E-state index is 0.293. The molecule has 4 rings (SSSR count). The average molecular weight is 300 g/mol. The molecule has 1 aliphatic rings.